The molecule has 0 saturated carbocycles. The molecule has 0 radical (unpaired) electrons. The molecule has 0 atom stereocenters. The summed E-state index contributed by atoms with van der Waals surface area (Å²) in [4.78, 5) is 12.8. The Kier molecular flexibility index (Phi) is 5.34. The van der Waals surface area contributed by atoms with Gasteiger partial charge >= 0.3 is 5.97 Å². The molecule has 0 amide bonds. The van der Waals surface area contributed by atoms with Gasteiger partial charge in [0, 0.05) is 26.2 Å². The number of piperazine rings is 1. The van der Waals surface area contributed by atoms with Gasteiger partial charge in [0.25, 0.3) is 0 Å². The summed E-state index contributed by atoms with van der Waals surface area (Å²) in [6.07, 6.45) is 0. The van der Waals surface area contributed by atoms with Crippen molar-refractivity contribution < 1.29 is 18.3 Å². The van der Waals surface area contributed by atoms with Crippen LogP contribution in [0.3, 0.4) is 0 Å². The largest absolute Gasteiger partial charge is 0.477 e. The maximum absolute atomic E-state index is 12.3. The smallest absolute Gasteiger partial charge is 0.347 e. The quantitative estimate of drug-likeness (QED) is 0.889. The molecule has 1 aromatic rings. The summed E-state index contributed by atoms with van der Waals surface area (Å²) < 4.78 is 26.0. The van der Waals surface area contributed by atoms with Crippen molar-refractivity contribution in [3.05, 3.63) is 16.3 Å². The lowest BCUT2D eigenvalue weighted by Gasteiger charge is -2.31. The fourth-order valence-corrected chi connectivity index (χ4v) is 4.48. The van der Waals surface area contributed by atoms with E-state index in [4.69, 9.17) is 5.11 Å². The minimum Gasteiger partial charge on any atom is -0.477 e. The number of thiophene rings is 1. The molecule has 0 unspecified atom stereocenters. The lowest BCUT2D eigenvalue weighted by molar-refractivity contribution is 0.0698. The first-order valence-corrected chi connectivity index (χ1v) is 7.74. The van der Waals surface area contributed by atoms with Gasteiger partial charge in [-0.15, -0.1) is 23.7 Å². The molecule has 2 heterocycles. The number of nitrogens with zero attached hydrogens (tertiary/aromatic N) is 2. The molecule has 2 rings (SSSR count). The molecule has 0 aliphatic carbocycles. The normalized spacial score (nSPS) is 17.9. The minimum atomic E-state index is -3.68. The van der Waals surface area contributed by atoms with Crippen molar-refractivity contribution in [1.82, 2.24) is 9.21 Å². The Balaban J connectivity index is 0.00000180. The van der Waals surface area contributed by atoms with Crippen LogP contribution in [0.2, 0.25) is 0 Å². The van der Waals surface area contributed by atoms with Gasteiger partial charge in [0.05, 0.1) is 0 Å². The Morgan fingerprint density at radius 1 is 1.32 bits per heavy atom. The summed E-state index contributed by atoms with van der Waals surface area (Å²) in [5.74, 6) is -1.20. The Morgan fingerprint density at radius 2 is 1.89 bits per heavy atom. The second-order valence-corrected chi connectivity index (χ2v) is 6.95. The van der Waals surface area contributed by atoms with Crippen LogP contribution in [0.4, 0.5) is 0 Å². The molecule has 1 aliphatic heterocycles. The van der Waals surface area contributed by atoms with Crippen LogP contribution in [-0.4, -0.2) is 61.9 Å². The zero-order chi connectivity index (χ0) is 13.3. The predicted molar refractivity (Wildman–Crippen MR) is 74.8 cm³/mol. The van der Waals surface area contributed by atoms with Crippen LogP contribution in [0.15, 0.2) is 16.3 Å². The average Bonchev–Trinajstić information content (AvgIpc) is 2.79. The lowest BCUT2D eigenvalue weighted by Crippen LogP contribution is -2.47. The first-order valence-electron chi connectivity index (χ1n) is 5.42. The van der Waals surface area contributed by atoms with Crippen LogP contribution in [0.1, 0.15) is 9.67 Å². The van der Waals surface area contributed by atoms with Crippen LogP contribution in [0.5, 0.6) is 0 Å². The topological polar surface area (TPSA) is 77.9 Å². The van der Waals surface area contributed by atoms with E-state index in [0.29, 0.717) is 26.2 Å². The zero-order valence-electron chi connectivity index (χ0n) is 10.3. The highest BCUT2D eigenvalue weighted by Gasteiger charge is 2.31. The van der Waals surface area contributed by atoms with E-state index in [9.17, 15) is 13.2 Å². The third kappa shape index (κ3) is 3.26. The van der Waals surface area contributed by atoms with Crippen molar-refractivity contribution in [2.75, 3.05) is 33.2 Å². The summed E-state index contributed by atoms with van der Waals surface area (Å²) in [6, 6.07) is 1.36. The summed E-state index contributed by atoms with van der Waals surface area (Å²) in [6.45, 7) is 2.11. The third-order valence-electron chi connectivity index (χ3n) is 2.90. The van der Waals surface area contributed by atoms with E-state index in [0.717, 1.165) is 11.3 Å². The van der Waals surface area contributed by atoms with E-state index in [1.165, 1.54) is 15.8 Å². The molecular weight excluding hydrogens is 312 g/mol. The van der Waals surface area contributed by atoms with Crippen molar-refractivity contribution in [1.29, 1.82) is 0 Å². The number of carboxylic acid groups (broad SMARTS) is 1. The average molecular weight is 327 g/mol. The number of carboxylic acids is 1. The number of sulfonamides is 1. The number of halogens is 1. The van der Waals surface area contributed by atoms with Gasteiger partial charge in [0.15, 0.2) is 0 Å². The Bertz CT molecular complexity index is 550. The molecule has 0 spiro atoms. The predicted octanol–water partition coefficient (Wildman–Crippen LogP) is 0.804. The second kappa shape index (κ2) is 6.19. The van der Waals surface area contributed by atoms with E-state index >= 15 is 0 Å². The summed E-state index contributed by atoms with van der Waals surface area (Å²) in [5, 5.41) is 10.5. The van der Waals surface area contributed by atoms with E-state index in [1.807, 2.05) is 11.9 Å². The van der Waals surface area contributed by atoms with Crippen molar-refractivity contribution in [3.8, 4) is 0 Å². The van der Waals surface area contributed by atoms with Crippen molar-refractivity contribution in [2.24, 2.45) is 0 Å². The van der Waals surface area contributed by atoms with Crippen LogP contribution < -0.4 is 0 Å². The highest BCUT2D eigenvalue weighted by atomic mass is 35.5. The van der Waals surface area contributed by atoms with Crippen molar-refractivity contribution in [2.45, 2.75) is 4.90 Å². The number of carbonyl (C=O) groups is 1. The molecule has 1 aromatic heterocycles. The number of rotatable bonds is 3. The number of likely N-dealkylation sites (N-methyl/N-ethyl adjacent to an activating group) is 1. The molecule has 1 N–H and O–H groups in total. The third-order valence-corrected chi connectivity index (χ3v) is 5.88. The number of aromatic carboxylic acids is 1. The highest BCUT2D eigenvalue weighted by molar-refractivity contribution is 7.89. The maximum atomic E-state index is 12.3. The van der Waals surface area contributed by atoms with E-state index in [2.05, 4.69) is 0 Å². The van der Waals surface area contributed by atoms with Gasteiger partial charge < -0.3 is 10.0 Å². The van der Waals surface area contributed by atoms with Crippen LogP contribution in [-0.2, 0) is 10.0 Å². The monoisotopic (exact) mass is 326 g/mol. The highest BCUT2D eigenvalue weighted by Crippen LogP contribution is 2.25. The maximum Gasteiger partial charge on any atom is 0.347 e. The molecule has 1 fully saturated rings. The van der Waals surface area contributed by atoms with Gasteiger partial charge in [0.1, 0.15) is 9.77 Å². The fraction of sp³-hybridized carbons (Fsp3) is 0.500. The first kappa shape index (κ1) is 16.4. The SMILES string of the molecule is CN1CCN(S(=O)(=O)c2ccsc2C(=O)O)CC1.Cl. The van der Waals surface area contributed by atoms with Gasteiger partial charge in [-0.1, -0.05) is 0 Å². The molecule has 0 aromatic carbocycles. The van der Waals surface area contributed by atoms with Gasteiger partial charge in [-0.2, -0.15) is 4.31 Å². The molecule has 19 heavy (non-hydrogen) atoms. The van der Waals surface area contributed by atoms with Crippen molar-refractivity contribution >= 4 is 39.7 Å². The zero-order valence-corrected chi connectivity index (χ0v) is 12.7. The van der Waals surface area contributed by atoms with Crippen LogP contribution in [0, 0.1) is 0 Å². The van der Waals surface area contributed by atoms with Crippen LogP contribution in [0.25, 0.3) is 0 Å². The summed E-state index contributed by atoms with van der Waals surface area (Å²) in [7, 11) is -1.75. The lowest BCUT2D eigenvalue weighted by atomic mass is 10.4. The number of hydrogen-bond acceptors (Lipinski definition) is 5. The molecule has 1 aliphatic rings. The van der Waals surface area contributed by atoms with Gasteiger partial charge in [-0.05, 0) is 18.5 Å². The van der Waals surface area contributed by atoms with Crippen molar-refractivity contribution in [3.63, 3.8) is 0 Å². The van der Waals surface area contributed by atoms with E-state index < -0.39 is 16.0 Å². The Hall–Kier alpha value is -0.670. The molecule has 6 nitrogen and oxygen atoms in total. The van der Waals surface area contributed by atoms with Gasteiger partial charge in [-0.25, -0.2) is 13.2 Å². The second-order valence-electron chi connectivity index (χ2n) is 4.13. The molecule has 108 valence electrons. The standard InChI is InChI=1S/C10H14N2O4S2.ClH/c1-11-3-5-12(6-4-11)18(15,16)8-2-7-17-9(8)10(13)14;/h2,7H,3-6H2,1H3,(H,13,14);1H. The molecule has 9 heteroatoms. The Labute approximate surface area is 122 Å². The fourth-order valence-electron chi connectivity index (χ4n) is 1.82. The minimum absolute atomic E-state index is 0. The summed E-state index contributed by atoms with van der Waals surface area (Å²) >= 11 is 0.933. The molecule has 1 saturated heterocycles. The number of hydrogen-bond donors (Lipinski definition) is 1. The van der Waals surface area contributed by atoms with E-state index in [1.54, 1.807) is 0 Å². The van der Waals surface area contributed by atoms with Gasteiger partial charge in [-0.3, -0.25) is 0 Å². The molecule has 0 bridgehead atoms. The first-order chi connectivity index (χ1) is 8.43. The van der Waals surface area contributed by atoms with E-state index in [-0.39, 0.29) is 22.2 Å². The Morgan fingerprint density at radius 3 is 2.42 bits per heavy atom. The van der Waals surface area contributed by atoms with Gasteiger partial charge in [0.2, 0.25) is 10.0 Å². The van der Waals surface area contributed by atoms with Crippen LogP contribution >= 0.6 is 23.7 Å². The molecular formula is C10H15ClN2O4S2. The summed E-state index contributed by atoms with van der Waals surface area (Å²) in [5.41, 5.74) is 0.